The molecule has 0 aliphatic rings. The van der Waals surface area contributed by atoms with Crippen molar-refractivity contribution in [1.29, 1.82) is 0 Å². The maximum absolute atomic E-state index is 5.98. The van der Waals surface area contributed by atoms with Gasteiger partial charge in [0.25, 0.3) is 0 Å². The number of halogens is 1. The molecule has 65 valence electrons. The Morgan fingerprint density at radius 2 is 2.38 bits per heavy atom. The topological polar surface area (TPSA) is 12.9 Å². The molecule has 2 aromatic rings. The molecule has 1 nitrogen and oxygen atoms in total. The predicted molar refractivity (Wildman–Crippen MR) is 56.1 cm³/mol. The number of benzene rings is 1. The molecule has 1 aromatic carbocycles. The van der Waals surface area contributed by atoms with Crippen LogP contribution in [0.4, 0.5) is 0 Å². The fourth-order valence-electron chi connectivity index (χ4n) is 1.06. The Hall–Kier alpha value is -0.860. The second-order valence-corrected chi connectivity index (χ2v) is 3.93. The molecule has 0 unspecified atom stereocenters. The lowest BCUT2D eigenvalue weighted by molar-refractivity contribution is 1.27. The molecular weight excluding hydrogens is 202 g/mol. The zero-order chi connectivity index (χ0) is 9.26. The zero-order valence-electron chi connectivity index (χ0n) is 7.04. The second kappa shape index (κ2) is 3.48. The summed E-state index contributed by atoms with van der Waals surface area (Å²) in [6, 6.07) is 8.61. The molecule has 0 saturated carbocycles. The summed E-state index contributed by atoms with van der Waals surface area (Å²) in [7, 11) is 0. The van der Waals surface area contributed by atoms with Crippen LogP contribution in [0.25, 0.3) is 10.6 Å². The van der Waals surface area contributed by atoms with Crippen molar-refractivity contribution in [3.8, 4) is 10.6 Å². The molecule has 2 rings (SSSR count). The molecule has 1 heterocycles. The van der Waals surface area contributed by atoms with Crippen LogP contribution in [0.5, 0.6) is 0 Å². The quantitative estimate of drug-likeness (QED) is 0.698. The van der Waals surface area contributed by atoms with Gasteiger partial charge in [0.05, 0.1) is 5.02 Å². The van der Waals surface area contributed by atoms with E-state index in [9.17, 15) is 0 Å². The van der Waals surface area contributed by atoms with Gasteiger partial charge in [-0.3, -0.25) is 0 Å². The van der Waals surface area contributed by atoms with Crippen molar-refractivity contribution in [2.24, 2.45) is 0 Å². The van der Waals surface area contributed by atoms with Gasteiger partial charge in [-0.15, -0.1) is 11.3 Å². The van der Waals surface area contributed by atoms with Gasteiger partial charge in [0, 0.05) is 22.7 Å². The van der Waals surface area contributed by atoms with Crippen molar-refractivity contribution in [3.05, 3.63) is 40.4 Å². The van der Waals surface area contributed by atoms with Gasteiger partial charge in [-0.05, 0) is 6.92 Å². The minimum Gasteiger partial charge on any atom is -0.241 e. The molecule has 0 bridgehead atoms. The van der Waals surface area contributed by atoms with Crippen LogP contribution < -0.4 is 0 Å². The molecule has 0 aliphatic heterocycles. The summed E-state index contributed by atoms with van der Waals surface area (Å²) in [6.45, 7) is 1.97. The Labute approximate surface area is 86.0 Å². The number of hydrogen-bond acceptors (Lipinski definition) is 2. The highest BCUT2D eigenvalue weighted by atomic mass is 35.5. The van der Waals surface area contributed by atoms with Gasteiger partial charge in [-0.25, -0.2) is 4.98 Å². The molecule has 3 heteroatoms. The highest BCUT2D eigenvalue weighted by molar-refractivity contribution is 7.13. The van der Waals surface area contributed by atoms with E-state index in [0.29, 0.717) is 5.02 Å². The van der Waals surface area contributed by atoms with E-state index in [2.05, 4.69) is 11.1 Å². The Morgan fingerprint density at radius 1 is 1.54 bits per heavy atom. The van der Waals surface area contributed by atoms with Gasteiger partial charge >= 0.3 is 0 Å². The molecule has 1 radical (unpaired) electrons. The van der Waals surface area contributed by atoms with Crippen LogP contribution in [0.3, 0.4) is 0 Å². The zero-order valence-corrected chi connectivity index (χ0v) is 8.62. The van der Waals surface area contributed by atoms with Crippen LogP contribution >= 0.6 is 22.9 Å². The third-order valence-corrected chi connectivity index (χ3v) is 2.96. The van der Waals surface area contributed by atoms with Crippen molar-refractivity contribution in [2.45, 2.75) is 6.92 Å². The molecule has 1 aromatic heterocycles. The lowest BCUT2D eigenvalue weighted by Crippen LogP contribution is -1.78. The fourth-order valence-corrected chi connectivity index (χ4v) is 2.16. The Morgan fingerprint density at radius 3 is 3.00 bits per heavy atom. The van der Waals surface area contributed by atoms with Crippen LogP contribution in [-0.4, -0.2) is 4.98 Å². The van der Waals surface area contributed by atoms with E-state index in [4.69, 9.17) is 11.6 Å². The number of rotatable bonds is 1. The van der Waals surface area contributed by atoms with Crippen LogP contribution in [-0.2, 0) is 0 Å². The minimum absolute atomic E-state index is 0.636. The van der Waals surface area contributed by atoms with E-state index in [1.165, 1.54) is 0 Å². The van der Waals surface area contributed by atoms with Gasteiger partial charge in [0.15, 0.2) is 0 Å². The highest BCUT2D eigenvalue weighted by Gasteiger charge is 2.05. The maximum atomic E-state index is 5.98. The van der Waals surface area contributed by atoms with Crippen molar-refractivity contribution < 1.29 is 0 Å². The molecule has 0 saturated heterocycles. The van der Waals surface area contributed by atoms with Crippen LogP contribution in [0, 0.1) is 13.0 Å². The summed E-state index contributed by atoms with van der Waals surface area (Å²) in [5.41, 5.74) is 1.99. The van der Waals surface area contributed by atoms with Gasteiger partial charge in [0.2, 0.25) is 0 Å². The van der Waals surface area contributed by atoms with E-state index in [-0.39, 0.29) is 0 Å². The first-order valence-electron chi connectivity index (χ1n) is 3.86. The average Bonchev–Trinajstić information content (AvgIpc) is 2.53. The number of aromatic nitrogens is 1. The SMILES string of the molecule is Cc1csc(-c2ccc[c]c2Cl)n1. The van der Waals surface area contributed by atoms with Crippen LogP contribution in [0.15, 0.2) is 23.6 Å². The first kappa shape index (κ1) is 8.73. The molecule has 0 fully saturated rings. The van der Waals surface area contributed by atoms with E-state index < -0.39 is 0 Å². The largest absolute Gasteiger partial charge is 0.241 e. The maximum Gasteiger partial charge on any atom is 0.125 e. The number of nitrogens with zero attached hydrogens (tertiary/aromatic N) is 1. The lowest BCUT2D eigenvalue weighted by atomic mass is 10.2. The molecule has 0 aliphatic carbocycles. The highest BCUT2D eigenvalue weighted by Crippen LogP contribution is 2.29. The second-order valence-electron chi connectivity index (χ2n) is 2.69. The van der Waals surface area contributed by atoms with E-state index in [1.54, 1.807) is 17.4 Å². The van der Waals surface area contributed by atoms with Gasteiger partial charge < -0.3 is 0 Å². The lowest BCUT2D eigenvalue weighted by Gasteiger charge is -1.97. The monoisotopic (exact) mass is 208 g/mol. The van der Waals surface area contributed by atoms with Gasteiger partial charge in [-0.2, -0.15) is 0 Å². The summed E-state index contributed by atoms with van der Waals surface area (Å²) in [5, 5.41) is 3.61. The van der Waals surface area contributed by atoms with E-state index in [0.717, 1.165) is 16.3 Å². The predicted octanol–water partition coefficient (Wildman–Crippen LogP) is 3.57. The summed E-state index contributed by atoms with van der Waals surface area (Å²) in [5.74, 6) is 0. The third-order valence-electron chi connectivity index (χ3n) is 1.66. The van der Waals surface area contributed by atoms with Gasteiger partial charge in [-0.1, -0.05) is 29.8 Å². The first-order valence-corrected chi connectivity index (χ1v) is 5.12. The summed E-state index contributed by atoms with van der Waals surface area (Å²) < 4.78 is 0. The summed E-state index contributed by atoms with van der Waals surface area (Å²) in [4.78, 5) is 4.36. The van der Waals surface area contributed by atoms with E-state index in [1.807, 2.05) is 24.4 Å². The molecule has 0 atom stereocenters. The Balaban J connectivity index is 2.52. The molecule has 0 amide bonds. The van der Waals surface area contributed by atoms with Crippen LogP contribution in [0.1, 0.15) is 5.69 Å². The average molecular weight is 209 g/mol. The summed E-state index contributed by atoms with van der Waals surface area (Å²) in [6.07, 6.45) is 0. The summed E-state index contributed by atoms with van der Waals surface area (Å²) >= 11 is 7.58. The van der Waals surface area contributed by atoms with Crippen molar-refractivity contribution in [1.82, 2.24) is 4.98 Å². The fraction of sp³-hybridized carbons (Fsp3) is 0.100. The standard InChI is InChI=1S/C10H7ClNS/c1-7-6-13-10(12-7)8-4-2-3-5-9(8)11/h2-4,6H,1H3. The van der Waals surface area contributed by atoms with Crippen molar-refractivity contribution in [3.63, 3.8) is 0 Å². The van der Waals surface area contributed by atoms with Crippen molar-refractivity contribution in [2.75, 3.05) is 0 Å². The minimum atomic E-state index is 0.636. The van der Waals surface area contributed by atoms with Crippen molar-refractivity contribution >= 4 is 22.9 Å². The molecule has 13 heavy (non-hydrogen) atoms. The Kier molecular flexibility index (Phi) is 2.34. The number of hydrogen-bond donors (Lipinski definition) is 0. The first-order chi connectivity index (χ1) is 6.27. The molecule has 0 N–H and O–H groups in total. The molecule has 0 spiro atoms. The number of aryl methyl sites for hydroxylation is 1. The van der Waals surface area contributed by atoms with Gasteiger partial charge in [0.1, 0.15) is 5.01 Å². The normalized spacial score (nSPS) is 10.3. The van der Waals surface area contributed by atoms with E-state index >= 15 is 0 Å². The molecular formula is C10H7ClNS. The van der Waals surface area contributed by atoms with Crippen LogP contribution in [0.2, 0.25) is 5.02 Å². The smallest absolute Gasteiger partial charge is 0.125 e. The number of thiazole rings is 1. The third kappa shape index (κ3) is 1.74. The Bertz CT molecular complexity index is 422.